The van der Waals surface area contributed by atoms with Crippen molar-refractivity contribution in [3.05, 3.63) is 84.5 Å². The van der Waals surface area contributed by atoms with Crippen LogP contribution in [-0.2, 0) is 16.1 Å². The number of pyridine rings is 1. The normalized spacial score (nSPS) is 14.8. The third-order valence-electron chi connectivity index (χ3n) is 6.78. The van der Waals surface area contributed by atoms with Gasteiger partial charge in [0.15, 0.2) is 16.7 Å². The molecule has 1 aliphatic heterocycles. The number of rotatable bonds is 12. The Morgan fingerprint density at radius 2 is 2.02 bits per heavy atom. The third-order valence-corrected chi connectivity index (χ3v) is 7.71. The van der Waals surface area contributed by atoms with Crippen LogP contribution < -0.4 is 15.4 Å². The molecule has 1 amide bonds. The molecule has 214 valence electrons. The minimum atomic E-state index is -0.476. The Balaban J connectivity index is 1.19. The van der Waals surface area contributed by atoms with Crippen molar-refractivity contribution < 1.29 is 18.7 Å². The summed E-state index contributed by atoms with van der Waals surface area (Å²) >= 11 is 1.43. The van der Waals surface area contributed by atoms with Gasteiger partial charge < -0.3 is 20.1 Å². The Morgan fingerprint density at radius 1 is 1.17 bits per heavy atom. The number of thiazole rings is 1. The molecule has 8 nitrogen and oxygen atoms in total. The highest BCUT2D eigenvalue weighted by molar-refractivity contribution is 7.22. The van der Waals surface area contributed by atoms with Crippen LogP contribution in [0, 0.1) is 5.82 Å². The number of anilines is 3. The van der Waals surface area contributed by atoms with Crippen molar-refractivity contribution in [2.45, 2.75) is 38.8 Å². The Bertz CT molecular complexity index is 1470. The molecule has 0 spiro atoms. The zero-order chi connectivity index (χ0) is 28.4. The third kappa shape index (κ3) is 8.09. The molecule has 1 saturated heterocycles. The topological polar surface area (TPSA) is 88.6 Å². The summed E-state index contributed by atoms with van der Waals surface area (Å²) < 4.78 is 26.6. The van der Waals surface area contributed by atoms with Gasteiger partial charge in [0, 0.05) is 48.8 Å². The monoisotopic (exact) mass is 575 g/mol. The Hall–Kier alpha value is -3.86. The summed E-state index contributed by atoms with van der Waals surface area (Å²) in [5.41, 5.74) is 2.76. The molecule has 2 aromatic heterocycles. The van der Waals surface area contributed by atoms with Crippen LogP contribution in [0.5, 0.6) is 5.75 Å². The van der Waals surface area contributed by atoms with E-state index in [-0.39, 0.29) is 24.3 Å². The van der Waals surface area contributed by atoms with Gasteiger partial charge in [0.25, 0.3) is 0 Å². The number of nitrogens with zero attached hydrogens (tertiary/aromatic N) is 3. The fourth-order valence-electron chi connectivity index (χ4n) is 4.62. The first-order chi connectivity index (χ1) is 20.1. The van der Waals surface area contributed by atoms with Gasteiger partial charge >= 0.3 is 0 Å². The lowest BCUT2D eigenvalue weighted by atomic mass is 10.1. The standard InChI is InChI=1S/C31H34FN5O3S/c1-2-3-7-25(37-15-17-39-18-16-37)10-13-30(38)34-23-8-11-27-29(20-23)41-31(36-27)35-22-9-12-28(26(32)19-22)40-21-24-6-4-5-14-33-24/h4-6,8-14,19-20,25H,2-3,7,15-18,21H2,1H3,(H,34,38)(H,35,36)/b13-10+. The molecule has 2 N–H and O–H groups in total. The van der Waals surface area contributed by atoms with Crippen molar-refractivity contribution in [2.75, 3.05) is 36.9 Å². The van der Waals surface area contributed by atoms with E-state index >= 15 is 0 Å². The summed E-state index contributed by atoms with van der Waals surface area (Å²) in [6, 6.07) is 16.0. The predicted octanol–water partition coefficient (Wildman–Crippen LogP) is 6.54. The van der Waals surface area contributed by atoms with E-state index in [0.717, 1.165) is 61.5 Å². The number of carbonyl (C=O) groups is 1. The number of aromatic nitrogens is 2. The van der Waals surface area contributed by atoms with Gasteiger partial charge in [0.05, 0.1) is 29.1 Å². The lowest BCUT2D eigenvalue weighted by molar-refractivity contribution is -0.111. The highest BCUT2D eigenvalue weighted by Crippen LogP contribution is 2.31. The van der Waals surface area contributed by atoms with Crippen LogP contribution in [0.2, 0.25) is 0 Å². The second-order valence-electron chi connectivity index (χ2n) is 9.79. The second kappa shape index (κ2) is 14.2. The molecule has 41 heavy (non-hydrogen) atoms. The fraction of sp³-hybridized carbons (Fsp3) is 0.323. The molecule has 1 fully saturated rings. The average Bonchev–Trinajstić information content (AvgIpc) is 3.39. The predicted molar refractivity (Wildman–Crippen MR) is 161 cm³/mol. The van der Waals surface area contributed by atoms with Gasteiger partial charge in [0.1, 0.15) is 6.61 Å². The highest BCUT2D eigenvalue weighted by Gasteiger charge is 2.18. The Kier molecular flexibility index (Phi) is 9.90. The number of benzene rings is 2. The molecule has 1 aliphatic rings. The van der Waals surface area contributed by atoms with Crippen molar-refractivity contribution in [3.63, 3.8) is 0 Å². The largest absolute Gasteiger partial charge is 0.484 e. The van der Waals surface area contributed by atoms with E-state index in [1.165, 1.54) is 17.4 Å². The summed E-state index contributed by atoms with van der Waals surface area (Å²) in [5, 5.41) is 6.75. The molecular weight excluding hydrogens is 541 g/mol. The number of hydrogen-bond donors (Lipinski definition) is 2. The number of hydrogen-bond acceptors (Lipinski definition) is 8. The first-order valence-electron chi connectivity index (χ1n) is 13.9. The molecule has 3 heterocycles. The molecule has 1 unspecified atom stereocenters. The molecular formula is C31H34FN5O3S. The van der Waals surface area contributed by atoms with Crippen LogP contribution in [-0.4, -0.2) is 53.1 Å². The molecule has 2 aromatic carbocycles. The summed E-state index contributed by atoms with van der Waals surface area (Å²) in [6.45, 7) is 5.60. The van der Waals surface area contributed by atoms with E-state index in [9.17, 15) is 9.18 Å². The van der Waals surface area contributed by atoms with Gasteiger partial charge in [-0.2, -0.15) is 0 Å². The maximum atomic E-state index is 14.7. The molecule has 10 heteroatoms. The number of morpholine rings is 1. The minimum Gasteiger partial charge on any atom is -0.484 e. The van der Waals surface area contributed by atoms with Crippen molar-refractivity contribution in [1.29, 1.82) is 0 Å². The molecule has 4 aromatic rings. The van der Waals surface area contributed by atoms with Crippen LogP contribution >= 0.6 is 11.3 Å². The van der Waals surface area contributed by atoms with Gasteiger partial charge in [-0.15, -0.1) is 0 Å². The van der Waals surface area contributed by atoms with Crippen LogP contribution in [0.15, 0.2) is 72.9 Å². The van der Waals surface area contributed by atoms with Gasteiger partial charge in [-0.25, -0.2) is 9.37 Å². The molecule has 5 rings (SSSR count). The zero-order valence-electron chi connectivity index (χ0n) is 23.0. The van der Waals surface area contributed by atoms with E-state index in [1.54, 1.807) is 24.4 Å². The number of fused-ring (bicyclic) bond motifs is 1. The van der Waals surface area contributed by atoms with E-state index in [2.05, 4.69) is 32.4 Å². The smallest absolute Gasteiger partial charge is 0.248 e. The van der Waals surface area contributed by atoms with E-state index < -0.39 is 5.82 Å². The number of halogens is 1. The van der Waals surface area contributed by atoms with E-state index in [0.29, 0.717) is 16.5 Å². The average molecular weight is 576 g/mol. The molecule has 0 bridgehead atoms. The fourth-order valence-corrected chi connectivity index (χ4v) is 5.54. The Morgan fingerprint density at radius 3 is 2.80 bits per heavy atom. The summed E-state index contributed by atoms with van der Waals surface area (Å²) in [6.07, 6.45) is 8.57. The van der Waals surface area contributed by atoms with Crippen LogP contribution in [0.3, 0.4) is 0 Å². The summed E-state index contributed by atoms with van der Waals surface area (Å²) in [5.74, 6) is -0.486. The van der Waals surface area contributed by atoms with Gasteiger partial charge in [0.2, 0.25) is 5.91 Å². The number of amides is 1. The molecule has 0 radical (unpaired) electrons. The van der Waals surface area contributed by atoms with Crippen LogP contribution in [0.25, 0.3) is 10.2 Å². The number of unbranched alkanes of at least 4 members (excludes halogenated alkanes) is 1. The van der Waals surface area contributed by atoms with Crippen molar-refractivity contribution in [2.24, 2.45) is 0 Å². The van der Waals surface area contributed by atoms with Gasteiger partial charge in [-0.05, 0) is 48.9 Å². The number of carbonyl (C=O) groups excluding carboxylic acids is 1. The summed E-state index contributed by atoms with van der Waals surface area (Å²) in [4.78, 5) is 23.9. The first kappa shape index (κ1) is 28.7. The van der Waals surface area contributed by atoms with Gasteiger partial charge in [-0.3, -0.25) is 14.7 Å². The number of ether oxygens (including phenoxy) is 2. The van der Waals surface area contributed by atoms with Crippen LogP contribution in [0.4, 0.5) is 20.9 Å². The lowest BCUT2D eigenvalue weighted by Crippen LogP contribution is -2.42. The Labute approximate surface area is 243 Å². The second-order valence-corrected chi connectivity index (χ2v) is 10.8. The van der Waals surface area contributed by atoms with Crippen molar-refractivity contribution >= 4 is 44.0 Å². The molecule has 0 aliphatic carbocycles. The maximum absolute atomic E-state index is 14.7. The highest BCUT2D eigenvalue weighted by atomic mass is 32.1. The molecule has 1 atom stereocenters. The lowest BCUT2D eigenvalue weighted by Gasteiger charge is -2.32. The minimum absolute atomic E-state index is 0.154. The van der Waals surface area contributed by atoms with Crippen LogP contribution in [0.1, 0.15) is 31.9 Å². The first-order valence-corrected chi connectivity index (χ1v) is 14.7. The van der Waals surface area contributed by atoms with E-state index in [1.807, 2.05) is 42.5 Å². The summed E-state index contributed by atoms with van der Waals surface area (Å²) in [7, 11) is 0. The quantitative estimate of drug-likeness (QED) is 0.186. The number of nitrogens with one attached hydrogen (secondary N) is 2. The van der Waals surface area contributed by atoms with Crippen molar-refractivity contribution in [1.82, 2.24) is 14.9 Å². The molecule has 0 saturated carbocycles. The zero-order valence-corrected chi connectivity index (χ0v) is 23.8. The van der Waals surface area contributed by atoms with Crippen molar-refractivity contribution in [3.8, 4) is 5.75 Å². The SMILES string of the molecule is CCCCC(/C=C/C(=O)Nc1ccc2nc(Nc3ccc(OCc4ccccn4)c(F)c3)sc2c1)N1CCOCC1. The van der Waals surface area contributed by atoms with E-state index in [4.69, 9.17) is 9.47 Å². The maximum Gasteiger partial charge on any atom is 0.248 e. The van der Waals surface area contributed by atoms with Gasteiger partial charge in [-0.1, -0.05) is 43.2 Å².